The summed E-state index contributed by atoms with van der Waals surface area (Å²) in [5.74, 6) is 2.32. The van der Waals surface area contributed by atoms with Crippen LogP contribution in [0.1, 0.15) is 6.92 Å². The number of hydrogen-bond acceptors (Lipinski definition) is 2. The number of rotatable bonds is 4. The molecule has 0 amide bonds. The average Bonchev–Trinajstić information content (AvgIpc) is 2.32. The normalized spacial score (nSPS) is 10.0. The molecule has 2 rings (SSSR count). The molecule has 3 heteroatoms. The fraction of sp³-hybridized carbons (Fsp3) is 0.143. The van der Waals surface area contributed by atoms with Crippen molar-refractivity contribution in [3.8, 4) is 17.2 Å². The van der Waals surface area contributed by atoms with Crippen molar-refractivity contribution in [3.05, 3.63) is 53.6 Å². The Morgan fingerprint density at radius 1 is 0.941 bits per heavy atom. The molecule has 0 aliphatic carbocycles. The van der Waals surface area contributed by atoms with Gasteiger partial charge in [-0.25, -0.2) is 0 Å². The summed E-state index contributed by atoms with van der Waals surface area (Å²) < 4.78 is 11.0. The molecule has 0 aliphatic heterocycles. The van der Waals surface area contributed by atoms with E-state index in [-0.39, 0.29) is 0 Å². The summed E-state index contributed by atoms with van der Waals surface area (Å²) in [6.45, 7) is 2.62. The fourth-order valence-corrected chi connectivity index (χ4v) is 1.62. The molecule has 2 aromatic rings. The first-order valence-corrected chi connectivity index (χ1v) is 5.82. The molecule has 0 atom stereocenters. The monoisotopic (exact) mass is 248 g/mol. The molecule has 0 heterocycles. The van der Waals surface area contributed by atoms with Gasteiger partial charge in [-0.1, -0.05) is 17.7 Å². The molecular formula is C14H13ClO2. The molecule has 2 nitrogen and oxygen atoms in total. The summed E-state index contributed by atoms with van der Waals surface area (Å²) in [6.07, 6.45) is 0. The van der Waals surface area contributed by atoms with Crippen LogP contribution in [-0.2, 0) is 0 Å². The van der Waals surface area contributed by atoms with E-state index in [1.54, 1.807) is 6.07 Å². The Bertz CT molecular complexity index is 480. The Kier molecular flexibility index (Phi) is 3.89. The zero-order chi connectivity index (χ0) is 12.1. The first-order chi connectivity index (χ1) is 8.28. The zero-order valence-corrected chi connectivity index (χ0v) is 10.3. The smallest absolute Gasteiger partial charge is 0.128 e. The first-order valence-electron chi connectivity index (χ1n) is 5.44. The quantitative estimate of drug-likeness (QED) is 0.791. The summed E-state index contributed by atoms with van der Waals surface area (Å²) >= 11 is 5.88. The molecule has 88 valence electrons. The van der Waals surface area contributed by atoms with E-state index in [0.29, 0.717) is 11.6 Å². The Balaban J connectivity index is 2.08. The number of benzene rings is 2. The maximum absolute atomic E-state index is 5.88. The van der Waals surface area contributed by atoms with Crippen LogP contribution in [0.5, 0.6) is 17.2 Å². The van der Waals surface area contributed by atoms with Crippen molar-refractivity contribution < 1.29 is 9.47 Å². The van der Waals surface area contributed by atoms with Crippen LogP contribution in [0.3, 0.4) is 0 Å². The minimum atomic E-state index is 0.661. The zero-order valence-electron chi connectivity index (χ0n) is 9.52. The average molecular weight is 249 g/mol. The van der Waals surface area contributed by atoms with E-state index in [1.807, 2.05) is 49.4 Å². The van der Waals surface area contributed by atoms with E-state index >= 15 is 0 Å². The maximum Gasteiger partial charge on any atom is 0.128 e. The second kappa shape index (κ2) is 5.60. The first kappa shape index (κ1) is 11.8. The third-order valence-corrected chi connectivity index (χ3v) is 2.40. The number of halogens is 1. The van der Waals surface area contributed by atoms with Crippen molar-refractivity contribution in [1.82, 2.24) is 0 Å². The Morgan fingerprint density at radius 2 is 1.65 bits per heavy atom. The predicted octanol–water partition coefficient (Wildman–Crippen LogP) is 4.53. The lowest BCUT2D eigenvalue weighted by Crippen LogP contribution is -1.91. The molecule has 0 spiro atoms. The van der Waals surface area contributed by atoms with E-state index in [2.05, 4.69) is 0 Å². The predicted molar refractivity (Wildman–Crippen MR) is 69.1 cm³/mol. The van der Waals surface area contributed by atoms with Crippen molar-refractivity contribution in [2.75, 3.05) is 6.61 Å². The van der Waals surface area contributed by atoms with Gasteiger partial charge in [0, 0.05) is 5.02 Å². The largest absolute Gasteiger partial charge is 0.494 e. The summed E-state index contributed by atoms with van der Waals surface area (Å²) in [7, 11) is 0. The standard InChI is InChI=1S/C14H13ClO2/c1-2-16-12-6-8-13(9-7-12)17-14-5-3-4-11(15)10-14/h3-10H,2H2,1H3. The highest BCUT2D eigenvalue weighted by Gasteiger charge is 1.98. The van der Waals surface area contributed by atoms with Crippen molar-refractivity contribution >= 4 is 11.6 Å². The van der Waals surface area contributed by atoms with Gasteiger partial charge in [-0.15, -0.1) is 0 Å². The highest BCUT2D eigenvalue weighted by Crippen LogP contribution is 2.25. The van der Waals surface area contributed by atoms with Gasteiger partial charge in [0.15, 0.2) is 0 Å². The highest BCUT2D eigenvalue weighted by molar-refractivity contribution is 6.30. The minimum Gasteiger partial charge on any atom is -0.494 e. The number of ether oxygens (including phenoxy) is 2. The lowest BCUT2D eigenvalue weighted by molar-refractivity contribution is 0.339. The molecule has 0 radical (unpaired) electrons. The van der Waals surface area contributed by atoms with E-state index in [9.17, 15) is 0 Å². The fourth-order valence-electron chi connectivity index (χ4n) is 1.44. The van der Waals surface area contributed by atoms with Gasteiger partial charge in [0.2, 0.25) is 0 Å². The Hall–Kier alpha value is -1.67. The van der Waals surface area contributed by atoms with E-state index in [4.69, 9.17) is 21.1 Å². The van der Waals surface area contributed by atoms with E-state index in [1.165, 1.54) is 0 Å². The lowest BCUT2D eigenvalue weighted by atomic mass is 10.3. The molecule has 0 aromatic heterocycles. The van der Waals surface area contributed by atoms with Crippen molar-refractivity contribution in [2.45, 2.75) is 6.92 Å². The summed E-state index contributed by atoms with van der Waals surface area (Å²) in [4.78, 5) is 0. The molecule has 0 fully saturated rings. The van der Waals surface area contributed by atoms with Gasteiger partial charge in [-0.3, -0.25) is 0 Å². The summed E-state index contributed by atoms with van der Waals surface area (Å²) in [5.41, 5.74) is 0. The van der Waals surface area contributed by atoms with Crippen molar-refractivity contribution in [2.24, 2.45) is 0 Å². The van der Waals surface area contributed by atoms with Crippen molar-refractivity contribution in [1.29, 1.82) is 0 Å². The molecule has 2 aromatic carbocycles. The molecule has 17 heavy (non-hydrogen) atoms. The summed E-state index contributed by atoms with van der Waals surface area (Å²) in [5, 5.41) is 0.661. The molecular weight excluding hydrogens is 236 g/mol. The summed E-state index contributed by atoms with van der Waals surface area (Å²) in [6, 6.07) is 14.8. The van der Waals surface area contributed by atoms with Gasteiger partial charge in [-0.2, -0.15) is 0 Å². The van der Waals surface area contributed by atoms with Crippen LogP contribution in [0.4, 0.5) is 0 Å². The topological polar surface area (TPSA) is 18.5 Å². The van der Waals surface area contributed by atoms with Crippen LogP contribution in [0.2, 0.25) is 5.02 Å². The van der Waals surface area contributed by atoms with Crippen LogP contribution >= 0.6 is 11.6 Å². The Morgan fingerprint density at radius 3 is 2.29 bits per heavy atom. The van der Waals surface area contributed by atoms with Gasteiger partial charge in [0.25, 0.3) is 0 Å². The second-order valence-electron chi connectivity index (χ2n) is 3.46. The highest BCUT2D eigenvalue weighted by atomic mass is 35.5. The molecule has 0 N–H and O–H groups in total. The van der Waals surface area contributed by atoms with Gasteiger partial charge in [-0.05, 0) is 49.4 Å². The third kappa shape index (κ3) is 3.40. The van der Waals surface area contributed by atoms with Crippen LogP contribution < -0.4 is 9.47 Å². The van der Waals surface area contributed by atoms with Crippen LogP contribution in [-0.4, -0.2) is 6.61 Å². The van der Waals surface area contributed by atoms with Crippen LogP contribution in [0.25, 0.3) is 0 Å². The molecule has 0 saturated carbocycles. The maximum atomic E-state index is 5.88. The minimum absolute atomic E-state index is 0.661. The van der Waals surface area contributed by atoms with Gasteiger partial charge < -0.3 is 9.47 Å². The van der Waals surface area contributed by atoms with Gasteiger partial charge >= 0.3 is 0 Å². The Labute approximate surface area is 106 Å². The van der Waals surface area contributed by atoms with E-state index in [0.717, 1.165) is 17.2 Å². The molecule has 0 unspecified atom stereocenters. The third-order valence-electron chi connectivity index (χ3n) is 2.17. The van der Waals surface area contributed by atoms with Gasteiger partial charge in [0.1, 0.15) is 17.2 Å². The van der Waals surface area contributed by atoms with Gasteiger partial charge in [0.05, 0.1) is 6.61 Å². The van der Waals surface area contributed by atoms with Crippen LogP contribution in [0, 0.1) is 0 Å². The van der Waals surface area contributed by atoms with Crippen molar-refractivity contribution in [3.63, 3.8) is 0 Å². The van der Waals surface area contributed by atoms with Crippen LogP contribution in [0.15, 0.2) is 48.5 Å². The molecule has 0 bridgehead atoms. The molecule has 0 saturated heterocycles. The second-order valence-corrected chi connectivity index (χ2v) is 3.90. The SMILES string of the molecule is CCOc1ccc(Oc2cccc(Cl)c2)cc1. The number of hydrogen-bond donors (Lipinski definition) is 0. The lowest BCUT2D eigenvalue weighted by Gasteiger charge is -2.07. The molecule has 0 aliphatic rings. The van der Waals surface area contributed by atoms with E-state index < -0.39 is 0 Å².